The Balaban J connectivity index is 0.00000153. The van der Waals surface area contributed by atoms with Gasteiger partial charge in [0.15, 0.2) is 0 Å². The Morgan fingerprint density at radius 1 is 0.970 bits per heavy atom. The van der Waals surface area contributed by atoms with Crippen molar-refractivity contribution < 1.29 is 9.59 Å². The summed E-state index contributed by atoms with van der Waals surface area (Å²) in [4.78, 5) is 37.2. The number of hydrogen-bond acceptors (Lipinski definition) is 4. The number of hydrogen-bond donors (Lipinski definition) is 2. The number of nitrogens with zero attached hydrogens (tertiary/aromatic N) is 3. The topological polar surface area (TPSA) is 81.3 Å². The molecule has 0 bridgehead atoms. The van der Waals surface area contributed by atoms with Gasteiger partial charge in [-0.1, -0.05) is 6.07 Å². The second kappa shape index (κ2) is 10.9. The molecule has 0 saturated carbocycles. The Bertz CT molecular complexity index is 1080. The number of nitrogens with one attached hydrogen (secondary N) is 2. The molecule has 3 aromatic rings. The zero-order valence-corrected chi connectivity index (χ0v) is 19.9. The highest BCUT2D eigenvalue weighted by Crippen LogP contribution is 2.25. The van der Waals surface area contributed by atoms with Crippen LogP contribution in [-0.4, -0.2) is 58.9 Å². The summed E-state index contributed by atoms with van der Waals surface area (Å²) in [7, 11) is 0. The summed E-state index contributed by atoms with van der Waals surface area (Å²) in [5, 5.41) is 4.19. The van der Waals surface area contributed by atoms with E-state index in [0.29, 0.717) is 18.7 Å². The van der Waals surface area contributed by atoms with E-state index in [2.05, 4.69) is 20.2 Å². The van der Waals surface area contributed by atoms with E-state index >= 15 is 0 Å². The molecule has 4 heterocycles. The Kier molecular flexibility index (Phi) is 8.21. The predicted molar refractivity (Wildman–Crippen MR) is 134 cm³/mol. The number of carbonyl (C=O) groups is 2. The van der Waals surface area contributed by atoms with E-state index in [1.54, 1.807) is 12.4 Å². The number of rotatable bonds is 4. The lowest BCUT2D eigenvalue weighted by atomic mass is 9.95. The van der Waals surface area contributed by atoms with Crippen LogP contribution in [0.1, 0.15) is 29.6 Å². The van der Waals surface area contributed by atoms with Gasteiger partial charge in [-0.25, -0.2) is 0 Å². The van der Waals surface area contributed by atoms with Crippen LogP contribution in [0.2, 0.25) is 0 Å². The van der Waals surface area contributed by atoms with Crippen molar-refractivity contribution in [2.75, 3.05) is 31.1 Å². The minimum absolute atomic E-state index is 0. The number of benzene rings is 1. The Labute approximate surface area is 205 Å². The van der Waals surface area contributed by atoms with Crippen molar-refractivity contribution in [2.24, 2.45) is 5.92 Å². The van der Waals surface area contributed by atoms with Crippen LogP contribution < -0.4 is 10.2 Å². The first-order chi connectivity index (χ1) is 15.2. The summed E-state index contributed by atoms with van der Waals surface area (Å²) in [6, 6.07) is 11.7. The minimum Gasteiger partial charge on any atom is -0.371 e. The van der Waals surface area contributed by atoms with E-state index in [0.717, 1.165) is 43.3 Å². The van der Waals surface area contributed by atoms with Crippen molar-refractivity contribution in [3.8, 4) is 0 Å². The van der Waals surface area contributed by atoms with Gasteiger partial charge in [0.1, 0.15) is 0 Å². The molecule has 2 aliphatic rings. The summed E-state index contributed by atoms with van der Waals surface area (Å²) in [5.74, 6) is 0.225. The van der Waals surface area contributed by atoms with E-state index in [1.165, 1.54) is 5.69 Å². The van der Waals surface area contributed by atoms with Crippen molar-refractivity contribution in [3.63, 3.8) is 0 Å². The number of amides is 2. The minimum atomic E-state index is -0.0820. The van der Waals surface area contributed by atoms with Gasteiger partial charge in [-0.2, -0.15) is 0 Å². The zero-order chi connectivity index (χ0) is 21.2. The van der Waals surface area contributed by atoms with E-state index in [1.807, 2.05) is 47.5 Å². The highest BCUT2D eigenvalue weighted by molar-refractivity contribution is 5.98. The van der Waals surface area contributed by atoms with Crippen molar-refractivity contribution >= 4 is 53.2 Å². The number of fused-ring (bicyclic) bond motifs is 1. The standard InChI is InChI=1S/C24H27N5O2.2ClH/c30-23(19-2-1-17-3-11-26-22(17)15-19)27-20-8-14-29(16-20)24(31)18-6-12-28(13-7-18)21-4-9-25-10-5-21;;/h1-5,9-11,15,18,20,26H,6-8,12-14,16H2,(H,27,30);2*1H/t20-;;/m1../s1. The molecule has 2 fully saturated rings. The fourth-order valence-corrected chi connectivity index (χ4v) is 4.73. The van der Waals surface area contributed by atoms with Gasteiger partial charge in [0.2, 0.25) is 5.91 Å². The van der Waals surface area contributed by atoms with Gasteiger partial charge in [0, 0.05) is 73.5 Å². The fraction of sp³-hybridized carbons (Fsp3) is 0.375. The zero-order valence-electron chi connectivity index (χ0n) is 18.3. The van der Waals surface area contributed by atoms with E-state index < -0.39 is 0 Å². The third-order valence-electron chi connectivity index (χ3n) is 6.52. The normalized spacial score (nSPS) is 18.5. The second-order valence-corrected chi connectivity index (χ2v) is 8.49. The molecule has 0 aliphatic carbocycles. The molecular formula is C24H29Cl2N5O2. The van der Waals surface area contributed by atoms with Crippen LogP contribution in [0.5, 0.6) is 0 Å². The lowest BCUT2D eigenvalue weighted by molar-refractivity contribution is -0.135. The molecule has 0 unspecified atom stereocenters. The monoisotopic (exact) mass is 489 g/mol. The number of halogens is 2. The van der Waals surface area contributed by atoms with Gasteiger partial charge in [0.05, 0.1) is 0 Å². The fourth-order valence-electron chi connectivity index (χ4n) is 4.73. The number of anilines is 1. The second-order valence-electron chi connectivity index (χ2n) is 8.49. The SMILES string of the molecule is Cl.Cl.O=C(N[C@@H]1CCN(C(=O)C2CCN(c3ccncc3)CC2)C1)c1ccc2cc[nH]c2c1. The number of aromatic nitrogens is 2. The van der Waals surface area contributed by atoms with Crippen LogP contribution in [0.25, 0.3) is 10.9 Å². The molecular weight excluding hydrogens is 461 g/mol. The Morgan fingerprint density at radius 2 is 1.73 bits per heavy atom. The van der Waals surface area contributed by atoms with Gasteiger partial charge >= 0.3 is 0 Å². The largest absolute Gasteiger partial charge is 0.371 e. The number of piperidine rings is 1. The van der Waals surface area contributed by atoms with Crippen molar-refractivity contribution in [2.45, 2.75) is 25.3 Å². The third kappa shape index (κ3) is 5.42. The molecule has 9 heteroatoms. The number of carbonyl (C=O) groups excluding carboxylic acids is 2. The molecule has 0 radical (unpaired) electrons. The van der Waals surface area contributed by atoms with Crippen LogP contribution in [0.4, 0.5) is 5.69 Å². The maximum atomic E-state index is 13.0. The third-order valence-corrected chi connectivity index (χ3v) is 6.52. The van der Waals surface area contributed by atoms with Gasteiger partial charge in [-0.15, -0.1) is 24.8 Å². The van der Waals surface area contributed by atoms with E-state index in [-0.39, 0.29) is 48.6 Å². The van der Waals surface area contributed by atoms with Gasteiger partial charge in [0.25, 0.3) is 5.91 Å². The first kappa shape index (κ1) is 24.9. The summed E-state index contributed by atoms with van der Waals surface area (Å²) in [6.07, 6.45) is 8.02. The van der Waals surface area contributed by atoms with Gasteiger partial charge in [-0.3, -0.25) is 14.6 Å². The average Bonchev–Trinajstić information content (AvgIpc) is 3.48. The lowest BCUT2D eigenvalue weighted by Gasteiger charge is -2.34. The highest BCUT2D eigenvalue weighted by atomic mass is 35.5. The van der Waals surface area contributed by atoms with Crippen LogP contribution in [0.3, 0.4) is 0 Å². The number of H-pyrrole nitrogens is 1. The maximum Gasteiger partial charge on any atom is 0.251 e. The average molecular weight is 490 g/mol. The molecule has 2 N–H and O–H groups in total. The summed E-state index contributed by atoms with van der Waals surface area (Å²) in [5.41, 5.74) is 2.76. The highest BCUT2D eigenvalue weighted by Gasteiger charge is 2.33. The molecule has 7 nitrogen and oxygen atoms in total. The number of likely N-dealkylation sites (tertiary alicyclic amines) is 1. The van der Waals surface area contributed by atoms with E-state index in [4.69, 9.17) is 0 Å². The van der Waals surface area contributed by atoms with Gasteiger partial charge < -0.3 is 20.1 Å². The molecule has 176 valence electrons. The van der Waals surface area contributed by atoms with Crippen molar-refractivity contribution in [1.82, 2.24) is 20.2 Å². The summed E-state index contributed by atoms with van der Waals surface area (Å²) >= 11 is 0. The Morgan fingerprint density at radius 3 is 2.48 bits per heavy atom. The predicted octanol–water partition coefficient (Wildman–Crippen LogP) is 3.65. The molecule has 0 spiro atoms. The van der Waals surface area contributed by atoms with Crippen LogP contribution in [0.15, 0.2) is 55.0 Å². The first-order valence-electron chi connectivity index (χ1n) is 11.0. The quantitative estimate of drug-likeness (QED) is 0.585. The van der Waals surface area contributed by atoms with Crippen molar-refractivity contribution in [3.05, 3.63) is 60.6 Å². The van der Waals surface area contributed by atoms with Crippen LogP contribution in [0, 0.1) is 5.92 Å². The molecule has 2 aromatic heterocycles. The molecule has 1 aromatic carbocycles. The molecule has 33 heavy (non-hydrogen) atoms. The van der Waals surface area contributed by atoms with E-state index in [9.17, 15) is 9.59 Å². The number of pyridine rings is 1. The summed E-state index contributed by atoms with van der Waals surface area (Å²) in [6.45, 7) is 3.08. The molecule has 2 aliphatic heterocycles. The molecule has 1 atom stereocenters. The number of aromatic amines is 1. The Hall–Kier alpha value is -2.77. The van der Waals surface area contributed by atoms with Crippen LogP contribution >= 0.6 is 24.8 Å². The smallest absolute Gasteiger partial charge is 0.251 e. The summed E-state index contributed by atoms with van der Waals surface area (Å²) < 4.78 is 0. The molecule has 2 amide bonds. The lowest BCUT2D eigenvalue weighted by Crippen LogP contribution is -2.43. The van der Waals surface area contributed by atoms with Crippen LogP contribution in [-0.2, 0) is 4.79 Å². The molecule has 2 saturated heterocycles. The first-order valence-corrected chi connectivity index (χ1v) is 11.0. The van der Waals surface area contributed by atoms with Crippen molar-refractivity contribution in [1.29, 1.82) is 0 Å². The molecule has 5 rings (SSSR count). The maximum absolute atomic E-state index is 13.0. The van der Waals surface area contributed by atoms with Gasteiger partial charge in [-0.05, 0) is 55.0 Å².